The van der Waals surface area contributed by atoms with E-state index >= 15 is 0 Å². The molecule has 0 saturated carbocycles. The van der Waals surface area contributed by atoms with E-state index in [9.17, 15) is 9.59 Å². The number of carbonyl (C=O) groups excluding carboxylic acids is 2. The van der Waals surface area contributed by atoms with Gasteiger partial charge < -0.3 is 9.64 Å². The fourth-order valence-corrected chi connectivity index (χ4v) is 4.08. The number of carbonyl (C=O) groups is 2. The lowest BCUT2D eigenvalue weighted by molar-refractivity contribution is -0.137. The fraction of sp³-hybridized carbons (Fsp3) is 0.360. The average Bonchev–Trinajstić information content (AvgIpc) is 3.38. The van der Waals surface area contributed by atoms with Crippen LogP contribution in [0.4, 0.5) is 0 Å². The molecule has 0 bridgehead atoms. The molecule has 2 aromatic rings. The number of likely N-dealkylation sites (tertiary alicyclic amines) is 1. The molecule has 5 nitrogen and oxygen atoms in total. The van der Waals surface area contributed by atoms with E-state index in [4.69, 9.17) is 4.74 Å². The van der Waals surface area contributed by atoms with Crippen molar-refractivity contribution in [2.24, 2.45) is 0 Å². The Balaban J connectivity index is 1.60. The minimum absolute atomic E-state index is 0.167. The largest absolute Gasteiger partial charge is 0.494 e. The Labute approximate surface area is 177 Å². The minimum Gasteiger partial charge on any atom is -0.494 e. The number of ether oxygens (including phenoxy) is 1. The number of hydrogen-bond acceptors (Lipinski definition) is 4. The Hall–Kier alpha value is -3.08. The number of imide groups is 1. The molecule has 5 heteroatoms. The maximum Gasteiger partial charge on any atom is 0.277 e. The molecule has 2 aliphatic rings. The fourth-order valence-electron chi connectivity index (χ4n) is 4.08. The van der Waals surface area contributed by atoms with Gasteiger partial charge in [-0.1, -0.05) is 49.4 Å². The summed E-state index contributed by atoms with van der Waals surface area (Å²) in [7, 11) is 0. The molecule has 0 spiro atoms. The SMILES string of the molecule is CCCOc1ccc(C2=C(N3CCCC3)C(=O)N(CCc3ccccc3)C2=O)cc1. The van der Waals surface area contributed by atoms with Crippen LogP contribution in [0.1, 0.15) is 37.3 Å². The van der Waals surface area contributed by atoms with Gasteiger partial charge in [-0.2, -0.15) is 0 Å². The summed E-state index contributed by atoms with van der Waals surface area (Å²) in [6.07, 6.45) is 3.69. The molecule has 0 unspecified atom stereocenters. The van der Waals surface area contributed by atoms with E-state index in [0.29, 0.717) is 30.8 Å². The molecule has 4 rings (SSSR count). The molecule has 2 aliphatic heterocycles. The molecule has 2 aromatic carbocycles. The second-order valence-electron chi connectivity index (χ2n) is 7.79. The van der Waals surface area contributed by atoms with Crippen molar-refractivity contribution >= 4 is 17.4 Å². The first-order chi connectivity index (χ1) is 14.7. The van der Waals surface area contributed by atoms with Crippen molar-refractivity contribution < 1.29 is 14.3 Å². The predicted molar refractivity (Wildman–Crippen MR) is 117 cm³/mol. The molecular formula is C25H28N2O3. The maximum absolute atomic E-state index is 13.4. The van der Waals surface area contributed by atoms with Crippen molar-refractivity contribution in [3.63, 3.8) is 0 Å². The molecule has 2 heterocycles. The maximum atomic E-state index is 13.4. The second-order valence-corrected chi connectivity index (χ2v) is 7.79. The zero-order valence-corrected chi connectivity index (χ0v) is 17.5. The summed E-state index contributed by atoms with van der Waals surface area (Å²) < 4.78 is 5.67. The van der Waals surface area contributed by atoms with Crippen molar-refractivity contribution in [2.75, 3.05) is 26.2 Å². The van der Waals surface area contributed by atoms with Gasteiger partial charge >= 0.3 is 0 Å². The summed E-state index contributed by atoms with van der Waals surface area (Å²) in [5.41, 5.74) is 2.98. The monoisotopic (exact) mass is 404 g/mol. The minimum atomic E-state index is -0.194. The van der Waals surface area contributed by atoms with E-state index in [0.717, 1.165) is 49.2 Å². The molecule has 0 aromatic heterocycles. The molecular weight excluding hydrogens is 376 g/mol. The van der Waals surface area contributed by atoms with Crippen LogP contribution in [0, 0.1) is 0 Å². The topological polar surface area (TPSA) is 49.9 Å². The molecule has 1 fully saturated rings. The van der Waals surface area contributed by atoms with Gasteiger partial charge in [0.05, 0.1) is 12.2 Å². The van der Waals surface area contributed by atoms with Crippen LogP contribution in [0.2, 0.25) is 0 Å². The van der Waals surface area contributed by atoms with Gasteiger partial charge in [0.1, 0.15) is 11.4 Å². The van der Waals surface area contributed by atoms with Crippen LogP contribution in [0.25, 0.3) is 5.57 Å². The lowest BCUT2D eigenvalue weighted by Gasteiger charge is -2.20. The van der Waals surface area contributed by atoms with Gasteiger partial charge in [0.25, 0.3) is 11.8 Å². The van der Waals surface area contributed by atoms with Crippen molar-refractivity contribution in [3.8, 4) is 5.75 Å². The lowest BCUT2D eigenvalue weighted by atomic mass is 10.0. The number of amides is 2. The highest BCUT2D eigenvalue weighted by Gasteiger charge is 2.41. The average molecular weight is 405 g/mol. The summed E-state index contributed by atoms with van der Waals surface area (Å²) in [4.78, 5) is 30.1. The van der Waals surface area contributed by atoms with Gasteiger partial charge in [-0.25, -0.2) is 0 Å². The standard InChI is InChI=1S/C25H28N2O3/c1-2-18-30-21-12-10-20(11-13-21)22-23(26-15-6-7-16-26)25(29)27(24(22)28)17-14-19-8-4-3-5-9-19/h3-5,8-13H,2,6-7,14-18H2,1H3. The summed E-state index contributed by atoms with van der Waals surface area (Å²) in [5.74, 6) is 0.417. The third-order valence-electron chi connectivity index (χ3n) is 5.65. The molecule has 156 valence electrons. The zero-order chi connectivity index (χ0) is 20.9. The van der Waals surface area contributed by atoms with Crippen molar-refractivity contribution in [3.05, 3.63) is 71.4 Å². The van der Waals surface area contributed by atoms with Gasteiger partial charge in [-0.15, -0.1) is 0 Å². The first kappa shape index (κ1) is 20.2. The highest BCUT2D eigenvalue weighted by Crippen LogP contribution is 2.34. The Morgan fingerprint density at radius 1 is 0.900 bits per heavy atom. The molecule has 0 aliphatic carbocycles. The van der Waals surface area contributed by atoms with Crippen LogP contribution in [-0.2, 0) is 16.0 Å². The van der Waals surface area contributed by atoms with Crippen molar-refractivity contribution in [1.82, 2.24) is 9.80 Å². The van der Waals surface area contributed by atoms with Crippen LogP contribution in [0.15, 0.2) is 60.3 Å². The van der Waals surface area contributed by atoms with Crippen LogP contribution < -0.4 is 4.74 Å². The smallest absolute Gasteiger partial charge is 0.277 e. The van der Waals surface area contributed by atoms with Gasteiger partial charge in [0.2, 0.25) is 0 Å². The van der Waals surface area contributed by atoms with Crippen LogP contribution in [0.3, 0.4) is 0 Å². The molecule has 1 saturated heterocycles. The highest BCUT2D eigenvalue weighted by atomic mass is 16.5. The summed E-state index contributed by atoms with van der Waals surface area (Å²) in [5, 5.41) is 0. The first-order valence-electron chi connectivity index (χ1n) is 10.8. The molecule has 2 amide bonds. The van der Waals surface area contributed by atoms with Gasteiger partial charge in [0.15, 0.2) is 0 Å². The Bertz CT molecular complexity index is 929. The van der Waals surface area contributed by atoms with Crippen molar-refractivity contribution in [1.29, 1.82) is 0 Å². The third-order valence-corrected chi connectivity index (χ3v) is 5.65. The molecule has 0 N–H and O–H groups in total. The van der Waals surface area contributed by atoms with Crippen LogP contribution in [-0.4, -0.2) is 47.9 Å². The van der Waals surface area contributed by atoms with E-state index in [-0.39, 0.29) is 11.8 Å². The highest BCUT2D eigenvalue weighted by molar-refractivity contribution is 6.35. The molecule has 0 atom stereocenters. The Morgan fingerprint density at radius 3 is 2.27 bits per heavy atom. The number of hydrogen-bond donors (Lipinski definition) is 0. The second kappa shape index (κ2) is 9.16. The van der Waals surface area contributed by atoms with E-state index in [1.165, 1.54) is 4.90 Å². The van der Waals surface area contributed by atoms with E-state index in [1.54, 1.807) is 0 Å². The third kappa shape index (κ3) is 4.11. The van der Waals surface area contributed by atoms with Crippen LogP contribution in [0.5, 0.6) is 5.75 Å². The number of rotatable bonds is 8. The van der Waals surface area contributed by atoms with Crippen LogP contribution >= 0.6 is 0 Å². The van der Waals surface area contributed by atoms with Gasteiger partial charge in [-0.3, -0.25) is 14.5 Å². The predicted octanol–water partition coefficient (Wildman–Crippen LogP) is 3.89. The number of benzene rings is 2. The van der Waals surface area contributed by atoms with Gasteiger partial charge in [0, 0.05) is 19.6 Å². The Morgan fingerprint density at radius 2 is 1.60 bits per heavy atom. The Kier molecular flexibility index (Phi) is 6.17. The summed E-state index contributed by atoms with van der Waals surface area (Å²) in [6, 6.07) is 17.5. The normalized spacial score (nSPS) is 16.7. The van der Waals surface area contributed by atoms with Crippen molar-refractivity contribution in [2.45, 2.75) is 32.6 Å². The van der Waals surface area contributed by atoms with E-state index in [1.807, 2.05) is 54.6 Å². The zero-order valence-electron chi connectivity index (χ0n) is 17.5. The molecule has 0 radical (unpaired) electrons. The first-order valence-corrected chi connectivity index (χ1v) is 10.8. The quantitative estimate of drug-likeness (QED) is 0.627. The van der Waals surface area contributed by atoms with Gasteiger partial charge in [-0.05, 0) is 48.9 Å². The summed E-state index contributed by atoms with van der Waals surface area (Å²) >= 11 is 0. The van der Waals surface area contributed by atoms with E-state index in [2.05, 4.69) is 11.8 Å². The molecule has 30 heavy (non-hydrogen) atoms. The lowest BCUT2D eigenvalue weighted by Crippen LogP contribution is -2.36. The van der Waals surface area contributed by atoms with E-state index < -0.39 is 0 Å². The number of nitrogens with zero attached hydrogens (tertiary/aromatic N) is 2. The summed E-state index contributed by atoms with van der Waals surface area (Å²) in [6.45, 7) is 4.75.